The molecule has 0 radical (unpaired) electrons. The molecule has 2 N–H and O–H groups in total. The average Bonchev–Trinajstić information content (AvgIpc) is 3.12. The van der Waals surface area contributed by atoms with Gasteiger partial charge in [0.1, 0.15) is 0 Å². The Labute approximate surface area is 133 Å². The lowest BCUT2D eigenvalue weighted by Crippen LogP contribution is -2.24. The summed E-state index contributed by atoms with van der Waals surface area (Å²) in [4.78, 5) is 0. The second-order valence-corrected chi connectivity index (χ2v) is 6.81. The van der Waals surface area contributed by atoms with E-state index in [2.05, 4.69) is 38.4 Å². The zero-order valence-electron chi connectivity index (χ0n) is 12.2. The molecule has 0 spiro atoms. The maximum absolute atomic E-state index is 5.97. The molecule has 0 amide bonds. The zero-order valence-corrected chi connectivity index (χ0v) is 13.8. The first kappa shape index (κ1) is 14.5. The molecule has 2 aromatic rings. The van der Waals surface area contributed by atoms with Gasteiger partial charge in [-0.25, -0.2) is 4.68 Å². The minimum atomic E-state index is 0.352. The molecule has 1 fully saturated rings. The first-order chi connectivity index (χ1) is 10.1. The Bertz CT molecular complexity index is 631. The molecular formula is C15H20BrN5. The number of nitrogens with two attached hydrogens (primary N) is 1. The summed E-state index contributed by atoms with van der Waals surface area (Å²) in [6.07, 6.45) is 6.35. The van der Waals surface area contributed by atoms with Crippen molar-refractivity contribution in [2.24, 2.45) is 5.41 Å². The van der Waals surface area contributed by atoms with Crippen molar-refractivity contribution in [2.45, 2.75) is 45.6 Å². The Balaban J connectivity index is 1.91. The van der Waals surface area contributed by atoms with Crippen LogP contribution in [0.5, 0.6) is 0 Å². The lowest BCUT2D eigenvalue weighted by molar-refractivity contribution is 0.226. The Hall–Kier alpha value is -1.43. The number of benzene rings is 1. The van der Waals surface area contributed by atoms with Crippen LogP contribution in [0, 0.1) is 5.41 Å². The van der Waals surface area contributed by atoms with E-state index in [1.807, 2.05) is 22.9 Å². The van der Waals surface area contributed by atoms with Crippen LogP contribution in [0.1, 0.15) is 39.0 Å². The van der Waals surface area contributed by atoms with Gasteiger partial charge in [-0.1, -0.05) is 19.8 Å². The van der Waals surface area contributed by atoms with Crippen LogP contribution < -0.4 is 5.73 Å². The highest BCUT2D eigenvalue weighted by Crippen LogP contribution is 2.42. The molecule has 1 saturated carbocycles. The fourth-order valence-electron chi connectivity index (χ4n) is 3.27. The molecule has 0 aliphatic heterocycles. The van der Waals surface area contributed by atoms with Gasteiger partial charge in [0.2, 0.25) is 0 Å². The van der Waals surface area contributed by atoms with Crippen molar-refractivity contribution in [1.29, 1.82) is 0 Å². The number of aromatic nitrogens is 4. The van der Waals surface area contributed by atoms with Crippen molar-refractivity contribution >= 4 is 21.6 Å². The average molecular weight is 350 g/mol. The smallest absolute Gasteiger partial charge is 0.182 e. The number of anilines is 1. The van der Waals surface area contributed by atoms with Gasteiger partial charge >= 0.3 is 0 Å². The summed E-state index contributed by atoms with van der Waals surface area (Å²) in [6, 6.07) is 5.85. The van der Waals surface area contributed by atoms with E-state index in [9.17, 15) is 0 Å². The standard InChI is InChI=1S/C15H20BrN5/c1-2-15(7-3-4-8-15)10-21-14(18-19-20-21)11-5-6-12(16)13(17)9-11/h5-6,9H,2-4,7-8,10,17H2,1H3. The molecule has 1 aromatic carbocycles. The highest BCUT2D eigenvalue weighted by molar-refractivity contribution is 9.10. The Kier molecular flexibility index (Phi) is 3.97. The summed E-state index contributed by atoms with van der Waals surface area (Å²) in [7, 11) is 0. The molecule has 3 rings (SSSR count). The molecule has 5 nitrogen and oxygen atoms in total. The normalized spacial score (nSPS) is 17.2. The number of nitrogens with zero attached hydrogens (tertiary/aromatic N) is 4. The summed E-state index contributed by atoms with van der Waals surface area (Å²) in [5.41, 5.74) is 7.98. The Morgan fingerprint density at radius 3 is 2.76 bits per heavy atom. The summed E-state index contributed by atoms with van der Waals surface area (Å²) in [5.74, 6) is 0.800. The van der Waals surface area contributed by atoms with Crippen LogP contribution in [0.15, 0.2) is 22.7 Å². The fraction of sp³-hybridized carbons (Fsp3) is 0.533. The van der Waals surface area contributed by atoms with Crippen LogP contribution in [0.25, 0.3) is 11.4 Å². The molecule has 1 aromatic heterocycles. The molecular weight excluding hydrogens is 330 g/mol. The minimum Gasteiger partial charge on any atom is -0.398 e. The van der Waals surface area contributed by atoms with E-state index in [1.54, 1.807) is 0 Å². The summed E-state index contributed by atoms with van der Waals surface area (Å²) in [5, 5.41) is 12.3. The van der Waals surface area contributed by atoms with Crippen LogP contribution >= 0.6 is 15.9 Å². The highest BCUT2D eigenvalue weighted by Gasteiger charge is 2.33. The summed E-state index contributed by atoms with van der Waals surface area (Å²) in [6.45, 7) is 3.16. The van der Waals surface area contributed by atoms with Gasteiger partial charge in [0.25, 0.3) is 0 Å². The molecule has 1 heterocycles. The van der Waals surface area contributed by atoms with Crippen LogP contribution in [0.4, 0.5) is 5.69 Å². The number of nitrogen functional groups attached to an aromatic ring is 1. The van der Waals surface area contributed by atoms with Crippen LogP contribution in [0.3, 0.4) is 0 Å². The largest absolute Gasteiger partial charge is 0.398 e. The topological polar surface area (TPSA) is 69.6 Å². The van der Waals surface area contributed by atoms with E-state index in [1.165, 1.54) is 32.1 Å². The van der Waals surface area contributed by atoms with Gasteiger partial charge in [0.05, 0.1) is 6.54 Å². The second-order valence-electron chi connectivity index (χ2n) is 5.96. The molecule has 1 aliphatic carbocycles. The van der Waals surface area contributed by atoms with E-state index in [-0.39, 0.29) is 0 Å². The molecule has 6 heteroatoms. The Morgan fingerprint density at radius 2 is 2.10 bits per heavy atom. The second kappa shape index (κ2) is 5.75. The third-order valence-electron chi connectivity index (χ3n) is 4.69. The lowest BCUT2D eigenvalue weighted by Gasteiger charge is -2.27. The predicted octanol–water partition coefficient (Wildman–Crippen LogP) is 3.66. The third-order valence-corrected chi connectivity index (χ3v) is 5.41. The van der Waals surface area contributed by atoms with Crippen LogP contribution in [-0.4, -0.2) is 20.2 Å². The minimum absolute atomic E-state index is 0.352. The van der Waals surface area contributed by atoms with E-state index in [4.69, 9.17) is 5.73 Å². The molecule has 0 atom stereocenters. The van der Waals surface area contributed by atoms with Crippen molar-refractivity contribution < 1.29 is 0 Å². The maximum Gasteiger partial charge on any atom is 0.182 e. The number of hydrogen-bond donors (Lipinski definition) is 1. The van der Waals surface area contributed by atoms with E-state index in [0.29, 0.717) is 11.1 Å². The molecule has 21 heavy (non-hydrogen) atoms. The number of hydrogen-bond acceptors (Lipinski definition) is 4. The predicted molar refractivity (Wildman–Crippen MR) is 86.6 cm³/mol. The van der Waals surface area contributed by atoms with Gasteiger partial charge in [-0.05, 0) is 69.2 Å². The fourth-order valence-corrected chi connectivity index (χ4v) is 3.51. The van der Waals surface area contributed by atoms with Crippen LogP contribution in [0.2, 0.25) is 0 Å². The lowest BCUT2D eigenvalue weighted by atomic mass is 9.83. The Morgan fingerprint density at radius 1 is 1.33 bits per heavy atom. The first-order valence-corrected chi connectivity index (χ1v) is 8.24. The first-order valence-electron chi connectivity index (χ1n) is 7.45. The highest BCUT2D eigenvalue weighted by atomic mass is 79.9. The van der Waals surface area contributed by atoms with Crippen molar-refractivity contribution in [3.05, 3.63) is 22.7 Å². The molecule has 0 saturated heterocycles. The SMILES string of the molecule is CCC1(Cn2nnnc2-c2ccc(Br)c(N)c2)CCCC1. The van der Waals surface area contributed by atoms with Gasteiger partial charge < -0.3 is 5.73 Å². The van der Waals surface area contributed by atoms with Gasteiger partial charge in [-0.2, -0.15) is 0 Å². The van der Waals surface area contributed by atoms with Crippen molar-refractivity contribution in [3.63, 3.8) is 0 Å². The van der Waals surface area contributed by atoms with Gasteiger partial charge in [0, 0.05) is 15.7 Å². The van der Waals surface area contributed by atoms with E-state index in [0.717, 1.165) is 22.4 Å². The maximum atomic E-state index is 5.97. The number of halogens is 1. The van der Waals surface area contributed by atoms with E-state index < -0.39 is 0 Å². The monoisotopic (exact) mass is 349 g/mol. The molecule has 0 unspecified atom stereocenters. The van der Waals surface area contributed by atoms with E-state index >= 15 is 0 Å². The molecule has 0 bridgehead atoms. The zero-order chi connectivity index (χ0) is 14.9. The van der Waals surface area contributed by atoms with Gasteiger partial charge in [0.15, 0.2) is 5.82 Å². The summed E-state index contributed by atoms with van der Waals surface area (Å²) < 4.78 is 2.84. The van der Waals surface area contributed by atoms with Crippen molar-refractivity contribution in [3.8, 4) is 11.4 Å². The number of tetrazole rings is 1. The third kappa shape index (κ3) is 2.81. The number of rotatable bonds is 4. The summed E-state index contributed by atoms with van der Waals surface area (Å²) >= 11 is 3.42. The molecule has 112 valence electrons. The quantitative estimate of drug-likeness (QED) is 0.855. The van der Waals surface area contributed by atoms with Crippen LogP contribution in [-0.2, 0) is 6.54 Å². The van der Waals surface area contributed by atoms with Crippen molar-refractivity contribution in [2.75, 3.05) is 5.73 Å². The van der Waals surface area contributed by atoms with Crippen molar-refractivity contribution in [1.82, 2.24) is 20.2 Å². The van der Waals surface area contributed by atoms with Gasteiger partial charge in [-0.15, -0.1) is 5.10 Å². The van der Waals surface area contributed by atoms with Gasteiger partial charge in [-0.3, -0.25) is 0 Å². The molecule has 1 aliphatic rings.